The van der Waals surface area contributed by atoms with Gasteiger partial charge in [0, 0.05) is 6.04 Å². The van der Waals surface area contributed by atoms with Crippen molar-refractivity contribution in [3.05, 3.63) is 11.8 Å². The number of rotatable bonds is 2. The zero-order chi connectivity index (χ0) is 14.7. The Labute approximate surface area is 118 Å². The number of amides is 2. The standard InChI is InChI=1S/C14H22N2O4/c1-8-4-3-5-10(13(18)15-8)16-14(19)12-7-6-11(17)9(2)20-12/h7-11,17H,3-6H2,1-2H3,(H,15,18)(H,16,19)/t8-,9-,10+,11+/m1/s1. The molecule has 6 heteroatoms. The molecule has 2 rings (SSSR count). The van der Waals surface area contributed by atoms with E-state index in [9.17, 15) is 14.7 Å². The minimum Gasteiger partial charge on any atom is -0.483 e. The van der Waals surface area contributed by atoms with Gasteiger partial charge < -0.3 is 20.5 Å². The van der Waals surface area contributed by atoms with Crippen LogP contribution in [0.3, 0.4) is 0 Å². The van der Waals surface area contributed by atoms with Crippen LogP contribution in [0.2, 0.25) is 0 Å². The molecule has 0 aliphatic carbocycles. The Balaban J connectivity index is 1.95. The SMILES string of the molecule is C[C@@H]1CCC[C@H](NC(=O)C2=CC[C@H](O)[C@@H](C)O2)C(=O)N1. The normalized spacial score (nSPS) is 34.4. The number of aliphatic hydroxyl groups is 1. The van der Waals surface area contributed by atoms with Gasteiger partial charge in [-0.2, -0.15) is 0 Å². The highest BCUT2D eigenvalue weighted by molar-refractivity contribution is 5.95. The molecule has 20 heavy (non-hydrogen) atoms. The Morgan fingerprint density at radius 2 is 2.20 bits per heavy atom. The van der Waals surface area contributed by atoms with Crippen LogP contribution in [0.5, 0.6) is 0 Å². The number of nitrogens with one attached hydrogen (secondary N) is 2. The van der Waals surface area contributed by atoms with Gasteiger partial charge in [0.1, 0.15) is 12.1 Å². The minimum absolute atomic E-state index is 0.143. The van der Waals surface area contributed by atoms with E-state index in [1.807, 2.05) is 6.92 Å². The molecule has 4 atom stereocenters. The van der Waals surface area contributed by atoms with Crippen LogP contribution in [0.1, 0.15) is 39.5 Å². The molecule has 2 aliphatic heterocycles. The van der Waals surface area contributed by atoms with Gasteiger partial charge in [0.2, 0.25) is 5.91 Å². The Morgan fingerprint density at radius 1 is 1.45 bits per heavy atom. The molecule has 0 spiro atoms. The number of hydrogen-bond acceptors (Lipinski definition) is 4. The van der Waals surface area contributed by atoms with Gasteiger partial charge in [0.05, 0.1) is 6.10 Å². The van der Waals surface area contributed by atoms with Crippen LogP contribution < -0.4 is 10.6 Å². The molecule has 0 radical (unpaired) electrons. The summed E-state index contributed by atoms with van der Waals surface area (Å²) in [6.07, 6.45) is 3.39. The summed E-state index contributed by atoms with van der Waals surface area (Å²) in [7, 11) is 0. The largest absolute Gasteiger partial charge is 0.483 e. The number of aliphatic hydroxyl groups excluding tert-OH is 1. The van der Waals surface area contributed by atoms with E-state index in [1.165, 1.54) is 0 Å². The van der Waals surface area contributed by atoms with Gasteiger partial charge in [-0.1, -0.05) is 0 Å². The molecular formula is C14H22N2O4. The van der Waals surface area contributed by atoms with Crippen molar-refractivity contribution in [2.75, 3.05) is 0 Å². The molecule has 0 saturated carbocycles. The van der Waals surface area contributed by atoms with E-state index in [1.54, 1.807) is 13.0 Å². The Bertz CT molecular complexity index is 421. The molecule has 3 N–H and O–H groups in total. The maximum Gasteiger partial charge on any atom is 0.286 e. The van der Waals surface area contributed by atoms with Crippen molar-refractivity contribution in [3.8, 4) is 0 Å². The zero-order valence-corrected chi connectivity index (χ0v) is 11.9. The molecule has 0 aromatic carbocycles. The highest BCUT2D eigenvalue weighted by atomic mass is 16.5. The molecule has 0 aromatic rings. The number of hydrogen-bond donors (Lipinski definition) is 3. The lowest BCUT2D eigenvalue weighted by molar-refractivity contribution is -0.130. The van der Waals surface area contributed by atoms with Crippen molar-refractivity contribution in [3.63, 3.8) is 0 Å². The van der Waals surface area contributed by atoms with E-state index in [4.69, 9.17) is 4.74 Å². The third kappa shape index (κ3) is 3.50. The Morgan fingerprint density at radius 3 is 2.90 bits per heavy atom. The first kappa shape index (κ1) is 14.8. The monoisotopic (exact) mass is 282 g/mol. The second-order valence-corrected chi connectivity index (χ2v) is 5.56. The van der Waals surface area contributed by atoms with Crippen LogP contribution in [-0.2, 0) is 14.3 Å². The average Bonchev–Trinajstić information content (AvgIpc) is 2.54. The fourth-order valence-electron chi connectivity index (χ4n) is 2.43. The number of carbonyl (C=O) groups excluding carboxylic acids is 2. The van der Waals surface area contributed by atoms with Crippen LogP contribution >= 0.6 is 0 Å². The average molecular weight is 282 g/mol. The van der Waals surface area contributed by atoms with Crippen LogP contribution in [-0.4, -0.2) is 41.2 Å². The maximum absolute atomic E-state index is 12.1. The van der Waals surface area contributed by atoms with E-state index in [2.05, 4.69) is 10.6 Å². The van der Waals surface area contributed by atoms with Crippen LogP contribution in [0.15, 0.2) is 11.8 Å². The molecule has 112 valence electrons. The van der Waals surface area contributed by atoms with E-state index in [0.29, 0.717) is 12.8 Å². The summed E-state index contributed by atoms with van der Waals surface area (Å²) in [5.41, 5.74) is 0. The lowest BCUT2D eigenvalue weighted by Crippen LogP contribution is -2.48. The second kappa shape index (κ2) is 6.26. The quantitative estimate of drug-likeness (QED) is 0.676. The van der Waals surface area contributed by atoms with Crippen LogP contribution in [0, 0.1) is 0 Å². The summed E-state index contributed by atoms with van der Waals surface area (Å²) in [5, 5.41) is 15.1. The fourth-order valence-corrected chi connectivity index (χ4v) is 2.43. The van der Waals surface area contributed by atoms with Crippen molar-refractivity contribution in [1.82, 2.24) is 10.6 Å². The summed E-state index contributed by atoms with van der Waals surface area (Å²) in [4.78, 5) is 24.0. The van der Waals surface area contributed by atoms with Gasteiger partial charge in [0.15, 0.2) is 5.76 Å². The molecule has 2 heterocycles. The van der Waals surface area contributed by atoms with E-state index in [-0.39, 0.29) is 17.7 Å². The van der Waals surface area contributed by atoms with E-state index >= 15 is 0 Å². The molecular weight excluding hydrogens is 260 g/mol. The lowest BCUT2D eigenvalue weighted by atomic mass is 10.1. The minimum atomic E-state index is -0.589. The second-order valence-electron chi connectivity index (χ2n) is 5.56. The van der Waals surface area contributed by atoms with Crippen LogP contribution in [0.25, 0.3) is 0 Å². The van der Waals surface area contributed by atoms with Crippen molar-refractivity contribution >= 4 is 11.8 Å². The molecule has 1 fully saturated rings. The summed E-state index contributed by atoms with van der Waals surface area (Å²) < 4.78 is 5.36. The van der Waals surface area contributed by atoms with Gasteiger partial charge >= 0.3 is 0 Å². The first-order chi connectivity index (χ1) is 9.47. The zero-order valence-electron chi connectivity index (χ0n) is 11.9. The molecule has 2 amide bonds. The summed E-state index contributed by atoms with van der Waals surface area (Å²) in [6.45, 7) is 3.67. The first-order valence-corrected chi connectivity index (χ1v) is 7.13. The Hall–Kier alpha value is -1.56. The van der Waals surface area contributed by atoms with Gasteiger partial charge in [-0.25, -0.2) is 0 Å². The third-order valence-electron chi connectivity index (χ3n) is 3.76. The third-order valence-corrected chi connectivity index (χ3v) is 3.76. The Kier molecular flexibility index (Phi) is 4.65. The fraction of sp³-hybridized carbons (Fsp3) is 0.714. The molecule has 6 nitrogen and oxygen atoms in total. The number of ether oxygens (including phenoxy) is 1. The lowest BCUT2D eigenvalue weighted by Gasteiger charge is -2.26. The maximum atomic E-state index is 12.1. The van der Waals surface area contributed by atoms with Crippen molar-refractivity contribution in [2.24, 2.45) is 0 Å². The predicted octanol–water partition coefficient (Wildman–Crippen LogP) is 0.213. The molecule has 0 unspecified atom stereocenters. The van der Waals surface area contributed by atoms with Gasteiger partial charge in [-0.05, 0) is 45.6 Å². The highest BCUT2D eigenvalue weighted by Gasteiger charge is 2.29. The molecule has 2 aliphatic rings. The van der Waals surface area contributed by atoms with Crippen molar-refractivity contribution < 1.29 is 19.4 Å². The van der Waals surface area contributed by atoms with E-state index < -0.39 is 24.2 Å². The van der Waals surface area contributed by atoms with Gasteiger partial charge in [0.25, 0.3) is 5.91 Å². The van der Waals surface area contributed by atoms with Crippen LogP contribution in [0.4, 0.5) is 0 Å². The molecule has 1 saturated heterocycles. The van der Waals surface area contributed by atoms with Crippen molar-refractivity contribution in [2.45, 2.75) is 63.8 Å². The first-order valence-electron chi connectivity index (χ1n) is 7.13. The van der Waals surface area contributed by atoms with Crippen molar-refractivity contribution in [1.29, 1.82) is 0 Å². The smallest absolute Gasteiger partial charge is 0.286 e. The van der Waals surface area contributed by atoms with E-state index in [0.717, 1.165) is 12.8 Å². The van der Waals surface area contributed by atoms with Gasteiger partial charge in [-0.15, -0.1) is 0 Å². The molecule has 0 aromatic heterocycles. The number of carbonyl (C=O) groups is 2. The van der Waals surface area contributed by atoms with Gasteiger partial charge in [-0.3, -0.25) is 9.59 Å². The molecule has 0 bridgehead atoms. The highest BCUT2D eigenvalue weighted by Crippen LogP contribution is 2.18. The summed E-state index contributed by atoms with van der Waals surface area (Å²) in [5.74, 6) is -0.348. The topological polar surface area (TPSA) is 87.7 Å². The summed E-state index contributed by atoms with van der Waals surface area (Å²) >= 11 is 0. The predicted molar refractivity (Wildman–Crippen MR) is 72.6 cm³/mol. The summed E-state index contributed by atoms with van der Waals surface area (Å²) in [6, 6.07) is -0.371.